The number of carbonyl (C=O) groups excluding carboxylic acids is 1. The van der Waals surface area contributed by atoms with Crippen LogP contribution in [0.3, 0.4) is 0 Å². The predicted octanol–water partition coefficient (Wildman–Crippen LogP) is 5.57. The number of benzene rings is 2. The average molecular weight is 529 g/mol. The molecule has 1 amide bonds. The van der Waals surface area contributed by atoms with Crippen molar-refractivity contribution in [2.45, 2.75) is 31.8 Å². The van der Waals surface area contributed by atoms with E-state index in [1.807, 2.05) is 5.01 Å². The highest BCUT2D eigenvalue weighted by atomic mass is 35.5. The number of aliphatic hydroxyl groups excluding tert-OH is 1. The molecule has 1 aliphatic heterocycles. The largest absolute Gasteiger partial charge is 0.491 e. The third-order valence-electron chi connectivity index (χ3n) is 5.82. The number of piperidine rings is 1. The van der Waals surface area contributed by atoms with Crippen LogP contribution in [-0.2, 0) is 0 Å². The summed E-state index contributed by atoms with van der Waals surface area (Å²) in [5.74, 6) is 0.207. The molecule has 6 nitrogen and oxygen atoms in total. The Morgan fingerprint density at radius 2 is 1.97 bits per heavy atom. The van der Waals surface area contributed by atoms with Crippen LogP contribution in [0.15, 0.2) is 46.9 Å². The van der Waals surface area contributed by atoms with Gasteiger partial charge in [0.2, 0.25) is 0 Å². The second-order valence-corrected chi connectivity index (χ2v) is 9.13. The summed E-state index contributed by atoms with van der Waals surface area (Å²) in [6, 6.07) is 11.1. The van der Waals surface area contributed by atoms with Gasteiger partial charge in [0.1, 0.15) is 23.8 Å². The van der Waals surface area contributed by atoms with E-state index in [1.54, 1.807) is 30.3 Å². The number of furan rings is 1. The second-order valence-electron chi connectivity index (χ2n) is 8.28. The van der Waals surface area contributed by atoms with Crippen molar-refractivity contribution in [3.63, 3.8) is 0 Å². The number of fused-ring (bicyclic) bond motifs is 1. The fourth-order valence-corrected chi connectivity index (χ4v) is 4.23. The van der Waals surface area contributed by atoms with Gasteiger partial charge in [0.25, 0.3) is 0 Å². The Labute approximate surface area is 214 Å². The Morgan fingerprint density at radius 1 is 1.21 bits per heavy atom. The lowest BCUT2D eigenvalue weighted by molar-refractivity contribution is 0.0627. The molecule has 0 spiro atoms. The molecule has 1 saturated heterocycles. The molecule has 0 saturated carbocycles. The van der Waals surface area contributed by atoms with Crippen molar-refractivity contribution in [3.05, 3.63) is 64.1 Å². The molecule has 0 aliphatic carbocycles. The van der Waals surface area contributed by atoms with E-state index in [9.17, 15) is 14.3 Å². The summed E-state index contributed by atoms with van der Waals surface area (Å²) >= 11 is 11.6. The minimum Gasteiger partial charge on any atom is -0.491 e. The van der Waals surface area contributed by atoms with E-state index in [1.165, 1.54) is 12.1 Å². The highest BCUT2D eigenvalue weighted by Gasteiger charge is 2.23. The summed E-state index contributed by atoms with van der Waals surface area (Å²) in [6.07, 6.45) is 2.63. The Hall–Kier alpha value is -1.97. The fourth-order valence-electron chi connectivity index (χ4n) is 3.93. The van der Waals surface area contributed by atoms with Gasteiger partial charge in [0.05, 0.1) is 11.1 Å². The Kier molecular flexibility index (Phi) is 9.50. The highest BCUT2D eigenvalue weighted by molar-refractivity contribution is 7.59. The lowest BCUT2D eigenvalue weighted by atomic mass is 9.92. The molecule has 0 radical (unpaired) electrons. The number of carbonyl (C=O) groups is 1. The number of hydrogen-bond acceptors (Lipinski definition) is 5. The first-order valence-corrected chi connectivity index (χ1v) is 11.6. The van der Waals surface area contributed by atoms with E-state index in [-0.39, 0.29) is 36.8 Å². The van der Waals surface area contributed by atoms with Gasteiger partial charge in [-0.15, -0.1) is 0 Å². The van der Waals surface area contributed by atoms with Crippen LogP contribution in [0.1, 0.15) is 36.2 Å². The van der Waals surface area contributed by atoms with Crippen molar-refractivity contribution >= 4 is 53.6 Å². The minimum atomic E-state index is -0.636. The van der Waals surface area contributed by atoms with Crippen LogP contribution in [0.4, 0.5) is 4.39 Å². The van der Waals surface area contributed by atoms with Crippen molar-refractivity contribution in [2.75, 3.05) is 19.7 Å². The molecule has 34 heavy (non-hydrogen) atoms. The van der Waals surface area contributed by atoms with Crippen LogP contribution >= 0.6 is 36.7 Å². The van der Waals surface area contributed by atoms with Gasteiger partial charge in [-0.25, -0.2) is 9.40 Å². The standard InChI is InChI=1S/C24H25Cl2FN2O4.H2S/c25-17-2-6-22-16(11-17)12-23(33-22)24(31)28-29-9-7-15(8-10-29)1-3-18(30)14-32-19-4-5-20(26)21(27)13-19;/h2,4-6,11-13,15,18,30H,1,3,7-10,14H2,(H,28,31);1H2/t18-;/m0./s1. The molecule has 1 atom stereocenters. The van der Waals surface area contributed by atoms with Crippen LogP contribution in [0.25, 0.3) is 11.0 Å². The molecular formula is C24H27Cl2FN2O4S. The van der Waals surface area contributed by atoms with E-state index >= 15 is 0 Å². The lowest BCUT2D eigenvalue weighted by Gasteiger charge is -2.32. The maximum absolute atomic E-state index is 13.5. The number of rotatable bonds is 8. The SMILES string of the molecule is O=C(NN1CCC(CC[C@H](O)COc2ccc(Cl)c(F)c2)CC1)c1cc2cc(Cl)ccc2o1.S. The molecule has 3 aromatic rings. The van der Waals surface area contributed by atoms with Crippen LogP contribution in [0.5, 0.6) is 5.75 Å². The molecule has 4 rings (SSSR count). The molecule has 1 aromatic heterocycles. The summed E-state index contributed by atoms with van der Waals surface area (Å²) in [5, 5.41) is 13.5. The number of halogens is 3. The number of amides is 1. The molecule has 10 heteroatoms. The molecule has 0 unspecified atom stereocenters. The summed E-state index contributed by atoms with van der Waals surface area (Å²) in [4.78, 5) is 12.5. The second kappa shape index (κ2) is 12.1. The number of ether oxygens (including phenoxy) is 1. The zero-order chi connectivity index (χ0) is 23.4. The first kappa shape index (κ1) is 26.6. The molecular weight excluding hydrogens is 502 g/mol. The van der Waals surface area contributed by atoms with Gasteiger partial charge in [0.15, 0.2) is 5.76 Å². The zero-order valence-electron chi connectivity index (χ0n) is 18.4. The van der Waals surface area contributed by atoms with Crippen LogP contribution in [0.2, 0.25) is 10.0 Å². The number of aliphatic hydroxyl groups is 1. The number of nitrogens with one attached hydrogen (secondary N) is 1. The van der Waals surface area contributed by atoms with Crippen LogP contribution in [-0.4, -0.2) is 41.8 Å². The van der Waals surface area contributed by atoms with E-state index in [0.717, 1.165) is 37.7 Å². The van der Waals surface area contributed by atoms with Crippen LogP contribution < -0.4 is 10.2 Å². The molecule has 2 heterocycles. The van der Waals surface area contributed by atoms with Gasteiger partial charge in [-0.1, -0.05) is 23.2 Å². The first-order chi connectivity index (χ1) is 15.9. The smallest absolute Gasteiger partial charge is 0.301 e. The van der Waals surface area contributed by atoms with E-state index in [4.69, 9.17) is 32.4 Å². The highest BCUT2D eigenvalue weighted by Crippen LogP contribution is 2.25. The third kappa shape index (κ3) is 7.02. The topological polar surface area (TPSA) is 74.9 Å². The first-order valence-electron chi connectivity index (χ1n) is 10.9. The van der Waals surface area contributed by atoms with Gasteiger partial charge in [-0.05, 0) is 68.0 Å². The van der Waals surface area contributed by atoms with Gasteiger partial charge >= 0.3 is 5.91 Å². The Bertz CT molecular complexity index is 1120. The van der Waals surface area contributed by atoms with Crippen molar-refractivity contribution in [2.24, 2.45) is 5.92 Å². The number of hydrazine groups is 1. The van der Waals surface area contributed by atoms with Crippen molar-refractivity contribution < 1.29 is 23.4 Å². The van der Waals surface area contributed by atoms with Crippen molar-refractivity contribution in [3.8, 4) is 5.75 Å². The normalized spacial score (nSPS) is 15.6. The predicted molar refractivity (Wildman–Crippen MR) is 136 cm³/mol. The molecule has 2 aromatic carbocycles. The summed E-state index contributed by atoms with van der Waals surface area (Å²) in [7, 11) is 0. The van der Waals surface area contributed by atoms with Gasteiger partial charge in [-0.3, -0.25) is 10.2 Å². The molecule has 2 N–H and O–H groups in total. The third-order valence-corrected chi connectivity index (χ3v) is 6.36. The quantitative estimate of drug-likeness (QED) is 0.399. The summed E-state index contributed by atoms with van der Waals surface area (Å²) in [6.45, 7) is 1.54. The monoisotopic (exact) mass is 528 g/mol. The number of nitrogens with zero attached hydrogens (tertiary/aromatic N) is 1. The Morgan fingerprint density at radius 3 is 2.71 bits per heavy atom. The molecule has 1 aliphatic rings. The van der Waals surface area contributed by atoms with Crippen molar-refractivity contribution in [1.29, 1.82) is 0 Å². The zero-order valence-corrected chi connectivity index (χ0v) is 20.9. The van der Waals surface area contributed by atoms with Gasteiger partial charge < -0.3 is 14.3 Å². The van der Waals surface area contributed by atoms with E-state index < -0.39 is 11.9 Å². The maximum atomic E-state index is 13.5. The molecule has 1 fully saturated rings. The fraction of sp³-hybridized carbons (Fsp3) is 0.375. The van der Waals surface area contributed by atoms with Crippen molar-refractivity contribution in [1.82, 2.24) is 10.4 Å². The summed E-state index contributed by atoms with van der Waals surface area (Å²) in [5.41, 5.74) is 3.52. The van der Waals surface area contributed by atoms with E-state index in [0.29, 0.717) is 28.7 Å². The van der Waals surface area contributed by atoms with Crippen LogP contribution in [0, 0.1) is 11.7 Å². The van der Waals surface area contributed by atoms with E-state index in [2.05, 4.69) is 5.43 Å². The number of hydrogen-bond donors (Lipinski definition) is 2. The lowest BCUT2D eigenvalue weighted by Crippen LogP contribution is -2.46. The average Bonchev–Trinajstić information content (AvgIpc) is 3.23. The molecule has 184 valence electrons. The van der Waals surface area contributed by atoms with Gasteiger partial charge in [0, 0.05) is 29.6 Å². The minimum absolute atomic E-state index is 0. The molecule has 0 bridgehead atoms. The maximum Gasteiger partial charge on any atom is 0.301 e. The Balaban J connectivity index is 0.00000324. The summed E-state index contributed by atoms with van der Waals surface area (Å²) < 4.78 is 24.5. The van der Waals surface area contributed by atoms with Gasteiger partial charge in [-0.2, -0.15) is 13.5 Å².